The topological polar surface area (TPSA) is 55.0 Å². The molecule has 0 amide bonds. The lowest BCUT2D eigenvalue weighted by atomic mass is 9.84. The van der Waals surface area contributed by atoms with E-state index >= 15 is 0 Å². The van der Waals surface area contributed by atoms with Crippen molar-refractivity contribution >= 4 is 23.4 Å². The van der Waals surface area contributed by atoms with Gasteiger partial charge in [-0.1, -0.05) is 25.6 Å². The number of hydrogen-bond acceptors (Lipinski definition) is 5. The minimum atomic E-state index is 0.359. The second kappa shape index (κ2) is 4.72. The van der Waals surface area contributed by atoms with Gasteiger partial charge in [-0.3, -0.25) is 0 Å². The Morgan fingerprint density at radius 1 is 1.41 bits per heavy atom. The predicted octanol–water partition coefficient (Wildman–Crippen LogP) is 2.41. The van der Waals surface area contributed by atoms with E-state index in [1.54, 1.807) is 0 Å². The van der Waals surface area contributed by atoms with Gasteiger partial charge < -0.3 is 10.6 Å². The van der Waals surface area contributed by atoms with Crippen LogP contribution in [0.3, 0.4) is 0 Å². The molecule has 1 aromatic rings. The van der Waals surface area contributed by atoms with Crippen LogP contribution in [0.2, 0.25) is 0 Å². The summed E-state index contributed by atoms with van der Waals surface area (Å²) in [6.45, 7) is 6.71. The monoisotopic (exact) mass is 252 g/mol. The molecule has 0 aromatic carbocycles. The Morgan fingerprint density at radius 3 is 2.82 bits per heavy atom. The third-order valence-electron chi connectivity index (χ3n) is 3.12. The first kappa shape index (κ1) is 12.5. The van der Waals surface area contributed by atoms with Gasteiger partial charge in [0.2, 0.25) is 0 Å². The standard InChI is InChI=1S/C12H20N4S/c1-12(2)5-4-6-16(8-12)10-7-9(13)14-11(15-10)17-3/h7H,4-6,8H2,1-3H3,(H2,13,14,15). The summed E-state index contributed by atoms with van der Waals surface area (Å²) in [4.78, 5) is 11.0. The van der Waals surface area contributed by atoms with E-state index in [-0.39, 0.29) is 0 Å². The highest BCUT2D eigenvalue weighted by Gasteiger charge is 2.27. The van der Waals surface area contributed by atoms with Crippen molar-refractivity contribution in [3.8, 4) is 0 Å². The van der Waals surface area contributed by atoms with E-state index < -0.39 is 0 Å². The van der Waals surface area contributed by atoms with Crippen LogP contribution in [0.15, 0.2) is 11.2 Å². The maximum absolute atomic E-state index is 5.82. The molecule has 0 unspecified atom stereocenters. The second-order valence-corrected chi connectivity index (χ2v) is 6.10. The van der Waals surface area contributed by atoms with Gasteiger partial charge >= 0.3 is 0 Å². The van der Waals surface area contributed by atoms with Crippen LogP contribution in [-0.2, 0) is 0 Å². The number of hydrogen-bond donors (Lipinski definition) is 1. The van der Waals surface area contributed by atoms with Crippen LogP contribution in [0.25, 0.3) is 0 Å². The normalized spacial score (nSPS) is 19.4. The molecule has 1 saturated heterocycles. The van der Waals surface area contributed by atoms with E-state index in [4.69, 9.17) is 5.73 Å². The Balaban J connectivity index is 2.24. The summed E-state index contributed by atoms with van der Waals surface area (Å²) in [6, 6.07) is 1.88. The van der Waals surface area contributed by atoms with Gasteiger partial charge in [-0.2, -0.15) is 0 Å². The third kappa shape index (κ3) is 3.03. The van der Waals surface area contributed by atoms with Crippen LogP contribution < -0.4 is 10.6 Å². The zero-order valence-electron chi connectivity index (χ0n) is 10.7. The Morgan fingerprint density at radius 2 is 2.18 bits per heavy atom. The molecule has 1 aliphatic heterocycles. The van der Waals surface area contributed by atoms with Gasteiger partial charge in [-0.15, -0.1) is 0 Å². The summed E-state index contributed by atoms with van der Waals surface area (Å²) in [5.41, 5.74) is 6.18. The average Bonchev–Trinajstić information content (AvgIpc) is 2.27. The van der Waals surface area contributed by atoms with Crippen molar-refractivity contribution in [1.29, 1.82) is 0 Å². The molecule has 2 rings (SSSR count). The molecule has 1 fully saturated rings. The van der Waals surface area contributed by atoms with Crippen molar-refractivity contribution in [2.24, 2.45) is 5.41 Å². The highest BCUT2D eigenvalue weighted by molar-refractivity contribution is 7.98. The number of nitrogens with two attached hydrogens (primary N) is 1. The van der Waals surface area contributed by atoms with Crippen LogP contribution in [0.1, 0.15) is 26.7 Å². The molecule has 0 bridgehead atoms. The van der Waals surface area contributed by atoms with Gasteiger partial charge in [-0.25, -0.2) is 9.97 Å². The molecule has 0 aliphatic carbocycles. The summed E-state index contributed by atoms with van der Waals surface area (Å²) >= 11 is 1.53. The van der Waals surface area contributed by atoms with Gasteiger partial charge in [0.1, 0.15) is 11.6 Å². The maximum Gasteiger partial charge on any atom is 0.191 e. The minimum Gasteiger partial charge on any atom is -0.383 e. The predicted molar refractivity (Wildman–Crippen MR) is 73.5 cm³/mol. The van der Waals surface area contributed by atoms with Gasteiger partial charge in [0.15, 0.2) is 5.16 Å². The number of thioether (sulfide) groups is 1. The third-order valence-corrected chi connectivity index (χ3v) is 3.67. The van der Waals surface area contributed by atoms with E-state index in [0.29, 0.717) is 11.2 Å². The molecule has 0 atom stereocenters. The maximum atomic E-state index is 5.82. The van der Waals surface area contributed by atoms with Crippen LogP contribution >= 0.6 is 11.8 Å². The molecular weight excluding hydrogens is 232 g/mol. The van der Waals surface area contributed by atoms with E-state index in [0.717, 1.165) is 24.1 Å². The lowest BCUT2D eigenvalue weighted by Gasteiger charge is -2.38. The molecule has 5 heteroatoms. The van der Waals surface area contributed by atoms with Crippen molar-refractivity contribution in [3.63, 3.8) is 0 Å². The Labute approximate surface area is 107 Å². The number of anilines is 2. The number of aromatic nitrogens is 2. The number of piperidine rings is 1. The smallest absolute Gasteiger partial charge is 0.191 e. The van der Waals surface area contributed by atoms with Crippen LogP contribution in [-0.4, -0.2) is 29.3 Å². The molecule has 1 aliphatic rings. The molecule has 0 spiro atoms. The highest BCUT2D eigenvalue weighted by Crippen LogP contribution is 2.31. The first-order chi connectivity index (χ1) is 8.00. The molecule has 0 saturated carbocycles. The zero-order chi connectivity index (χ0) is 12.5. The number of rotatable bonds is 2. The van der Waals surface area contributed by atoms with E-state index in [1.165, 1.54) is 24.6 Å². The molecule has 2 heterocycles. The van der Waals surface area contributed by atoms with Gasteiger partial charge in [0, 0.05) is 19.2 Å². The molecule has 4 nitrogen and oxygen atoms in total. The van der Waals surface area contributed by atoms with Crippen molar-refractivity contribution in [2.75, 3.05) is 30.0 Å². The fourth-order valence-electron chi connectivity index (χ4n) is 2.30. The molecule has 1 aromatic heterocycles. The first-order valence-corrected chi connectivity index (χ1v) is 7.16. The largest absolute Gasteiger partial charge is 0.383 e. The van der Waals surface area contributed by atoms with Gasteiger partial charge in [-0.05, 0) is 24.5 Å². The van der Waals surface area contributed by atoms with E-state index in [2.05, 4.69) is 28.7 Å². The average molecular weight is 252 g/mol. The van der Waals surface area contributed by atoms with E-state index in [1.807, 2.05) is 12.3 Å². The molecule has 2 N–H and O–H groups in total. The quantitative estimate of drug-likeness (QED) is 0.647. The second-order valence-electron chi connectivity index (χ2n) is 5.33. The fourth-order valence-corrected chi connectivity index (χ4v) is 2.68. The fraction of sp³-hybridized carbons (Fsp3) is 0.667. The summed E-state index contributed by atoms with van der Waals surface area (Å²) < 4.78 is 0. The Kier molecular flexibility index (Phi) is 3.47. The summed E-state index contributed by atoms with van der Waals surface area (Å²) in [7, 11) is 0. The molecule has 0 radical (unpaired) electrons. The van der Waals surface area contributed by atoms with Crippen molar-refractivity contribution in [2.45, 2.75) is 31.8 Å². The highest BCUT2D eigenvalue weighted by atomic mass is 32.2. The van der Waals surface area contributed by atoms with Crippen molar-refractivity contribution < 1.29 is 0 Å². The number of nitrogen functional groups attached to an aromatic ring is 1. The van der Waals surface area contributed by atoms with Crippen LogP contribution in [0.4, 0.5) is 11.6 Å². The zero-order valence-corrected chi connectivity index (χ0v) is 11.5. The lowest BCUT2D eigenvalue weighted by Crippen LogP contribution is -2.40. The van der Waals surface area contributed by atoms with Crippen molar-refractivity contribution in [3.05, 3.63) is 6.07 Å². The first-order valence-electron chi connectivity index (χ1n) is 5.94. The summed E-state index contributed by atoms with van der Waals surface area (Å²) in [6.07, 6.45) is 4.46. The lowest BCUT2D eigenvalue weighted by molar-refractivity contribution is 0.292. The molecule has 17 heavy (non-hydrogen) atoms. The molecule has 94 valence electrons. The van der Waals surface area contributed by atoms with E-state index in [9.17, 15) is 0 Å². The Bertz CT molecular complexity index is 405. The molecular formula is C12H20N4S. The van der Waals surface area contributed by atoms with Crippen LogP contribution in [0, 0.1) is 5.41 Å². The van der Waals surface area contributed by atoms with Crippen LogP contribution in [0.5, 0.6) is 0 Å². The van der Waals surface area contributed by atoms with Gasteiger partial charge in [0.05, 0.1) is 0 Å². The van der Waals surface area contributed by atoms with Gasteiger partial charge in [0.25, 0.3) is 0 Å². The summed E-state index contributed by atoms with van der Waals surface area (Å²) in [5, 5.41) is 0.753. The SMILES string of the molecule is CSc1nc(N)cc(N2CCCC(C)(C)C2)n1. The minimum absolute atomic E-state index is 0.359. The number of nitrogens with zero attached hydrogens (tertiary/aromatic N) is 3. The Hall–Kier alpha value is -0.970. The summed E-state index contributed by atoms with van der Waals surface area (Å²) in [5.74, 6) is 1.53. The van der Waals surface area contributed by atoms with Crippen molar-refractivity contribution in [1.82, 2.24) is 9.97 Å².